The molecule has 1 fully saturated rings. The van der Waals surface area contributed by atoms with Crippen LogP contribution in [0.1, 0.15) is 20.3 Å². The molecule has 5 nitrogen and oxygen atoms in total. The van der Waals surface area contributed by atoms with Crippen LogP contribution < -0.4 is 4.74 Å². The van der Waals surface area contributed by atoms with Crippen molar-refractivity contribution in [3.8, 4) is 5.75 Å². The normalized spacial score (nSPS) is 24.3. The first-order valence-corrected chi connectivity index (χ1v) is 7.68. The molecule has 0 radical (unpaired) electrons. The number of hydrogen-bond acceptors (Lipinski definition) is 5. The summed E-state index contributed by atoms with van der Waals surface area (Å²) in [7, 11) is 2.09. The third kappa shape index (κ3) is 4.71. The van der Waals surface area contributed by atoms with Gasteiger partial charge in [-0.2, -0.15) is 0 Å². The second kappa shape index (κ2) is 7.61. The summed E-state index contributed by atoms with van der Waals surface area (Å²) in [4.78, 5) is 18.9. The van der Waals surface area contributed by atoms with Gasteiger partial charge in [0.05, 0.1) is 5.71 Å². The molecule has 2 rings (SSSR count). The Morgan fingerprint density at radius 2 is 2.05 bits per heavy atom. The van der Waals surface area contributed by atoms with Crippen molar-refractivity contribution in [1.82, 2.24) is 4.90 Å². The van der Waals surface area contributed by atoms with Crippen LogP contribution in [0.3, 0.4) is 0 Å². The largest absolute Gasteiger partial charge is 0.482 e. The lowest BCUT2D eigenvalue weighted by atomic mass is 9.93. The Kier molecular flexibility index (Phi) is 5.80. The van der Waals surface area contributed by atoms with Crippen molar-refractivity contribution < 1.29 is 14.4 Å². The Morgan fingerprint density at radius 3 is 2.73 bits per heavy atom. The highest BCUT2D eigenvalue weighted by Gasteiger charge is 2.26. The van der Waals surface area contributed by atoms with Crippen LogP contribution >= 0.6 is 11.6 Å². The number of likely N-dealkylation sites (tertiary alicyclic amines) is 1. The Labute approximate surface area is 135 Å². The van der Waals surface area contributed by atoms with Crippen molar-refractivity contribution in [2.75, 3.05) is 20.2 Å². The smallest absolute Gasteiger partial charge is 0.372 e. The van der Waals surface area contributed by atoms with E-state index in [1.807, 2.05) is 0 Å². The number of rotatable bonds is 4. The molecular weight excluding hydrogens is 304 g/mol. The van der Waals surface area contributed by atoms with Crippen LogP contribution in [-0.4, -0.2) is 42.8 Å². The number of nitrogens with zero attached hydrogens (tertiary/aromatic N) is 2. The van der Waals surface area contributed by atoms with Crippen molar-refractivity contribution >= 4 is 23.3 Å². The number of ether oxygens (including phenoxy) is 1. The lowest BCUT2D eigenvalue weighted by Crippen LogP contribution is -2.43. The standard InChI is InChI=1S/C16H21ClN2O3/c1-11-9-19(3)12(2)8-15(11)18-22-16(20)10-21-14-6-4-13(17)5-7-14/h4-7,11-12H,8-10H2,1-3H3/b18-15-/t11-,12+/m0/s1. The van der Waals surface area contributed by atoms with Gasteiger partial charge in [0.2, 0.25) is 0 Å². The summed E-state index contributed by atoms with van der Waals surface area (Å²) in [5.74, 6) is 0.336. The van der Waals surface area contributed by atoms with E-state index >= 15 is 0 Å². The van der Waals surface area contributed by atoms with Gasteiger partial charge in [0.1, 0.15) is 5.75 Å². The summed E-state index contributed by atoms with van der Waals surface area (Å²) < 4.78 is 5.32. The first-order chi connectivity index (χ1) is 10.5. The number of halogens is 1. The zero-order chi connectivity index (χ0) is 16.1. The molecule has 1 aliphatic heterocycles. The summed E-state index contributed by atoms with van der Waals surface area (Å²) in [6.45, 7) is 4.95. The number of benzene rings is 1. The number of carbonyl (C=O) groups is 1. The molecule has 1 heterocycles. The molecule has 1 aromatic rings. The highest BCUT2D eigenvalue weighted by atomic mass is 35.5. The minimum Gasteiger partial charge on any atom is -0.482 e. The first kappa shape index (κ1) is 16.8. The van der Waals surface area contributed by atoms with E-state index in [0.717, 1.165) is 18.7 Å². The van der Waals surface area contributed by atoms with Crippen LogP contribution in [0, 0.1) is 5.92 Å². The SMILES string of the molecule is C[C@@H]1C/C(=N/OC(=O)COc2ccc(Cl)cc2)[C@@H](C)CN1C. The van der Waals surface area contributed by atoms with Gasteiger partial charge < -0.3 is 14.5 Å². The minimum absolute atomic E-state index is 0.178. The summed E-state index contributed by atoms with van der Waals surface area (Å²) >= 11 is 5.78. The van der Waals surface area contributed by atoms with E-state index in [9.17, 15) is 4.79 Å². The quantitative estimate of drug-likeness (QED) is 0.631. The summed E-state index contributed by atoms with van der Waals surface area (Å²) in [6.07, 6.45) is 0.809. The fraction of sp³-hybridized carbons (Fsp3) is 0.500. The predicted octanol–water partition coefficient (Wildman–Crippen LogP) is 2.98. The zero-order valence-corrected chi connectivity index (χ0v) is 13.8. The van der Waals surface area contributed by atoms with E-state index in [1.165, 1.54) is 0 Å². The molecule has 22 heavy (non-hydrogen) atoms. The van der Waals surface area contributed by atoms with Gasteiger partial charge in [0.25, 0.3) is 0 Å². The fourth-order valence-corrected chi connectivity index (χ4v) is 2.44. The van der Waals surface area contributed by atoms with Crippen molar-refractivity contribution in [3.63, 3.8) is 0 Å². The molecule has 1 aliphatic rings. The third-order valence-electron chi connectivity index (χ3n) is 3.82. The molecule has 0 aromatic heterocycles. The summed E-state index contributed by atoms with van der Waals surface area (Å²) in [5, 5.41) is 4.63. The van der Waals surface area contributed by atoms with E-state index in [2.05, 4.69) is 31.0 Å². The van der Waals surface area contributed by atoms with Crippen molar-refractivity contribution in [3.05, 3.63) is 29.3 Å². The highest BCUT2D eigenvalue weighted by Crippen LogP contribution is 2.18. The average Bonchev–Trinajstić information content (AvgIpc) is 2.49. The lowest BCUT2D eigenvalue weighted by molar-refractivity contribution is -0.146. The average molecular weight is 325 g/mol. The Bertz CT molecular complexity index is 545. The van der Waals surface area contributed by atoms with E-state index in [0.29, 0.717) is 16.8 Å². The molecular formula is C16H21ClN2O3. The van der Waals surface area contributed by atoms with Crippen LogP contribution in [0.15, 0.2) is 29.4 Å². The van der Waals surface area contributed by atoms with Crippen LogP contribution in [0.25, 0.3) is 0 Å². The summed E-state index contributed by atoms with van der Waals surface area (Å²) in [5.41, 5.74) is 0.922. The Morgan fingerprint density at radius 1 is 1.36 bits per heavy atom. The van der Waals surface area contributed by atoms with Crippen LogP contribution in [-0.2, 0) is 9.63 Å². The molecule has 0 unspecified atom stereocenters. The van der Waals surface area contributed by atoms with Gasteiger partial charge in [-0.25, -0.2) is 4.79 Å². The van der Waals surface area contributed by atoms with Gasteiger partial charge in [-0.15, -0.1) is 0 Å². The maximum Gasteiger partial charge on any atom is 0.372 e. The van der Waals surface area contributed by atoms with Crippen LogP contribution in [0.2, 0.25) is 5.02 Å². The Balaban J connectivity index is 1.81. The monoisotopic (exact) mass is 324 g/mol. The van der Waals surface area contributed by atoms with E-state index in [1.54, 1.807) is 24.3 Å². The third-order valence-corrected chi connectivity index (χ3v) is 4.07. The highest BCUT2D eigenvalue weighted by molar-refractivity contribution is 6.30. The van der Waals surface area contributed by atoms with Crippen molar-refractivity contribution in [1.29, 1.82) is 0 Å². The Hall–Kier alpha value is -1.59. The molecule has 0 bridgehead atoms. The molecule has 0 aliphatic carbocycles. The van der Waals surface area contributed by atoms with Crippen molar-refractivity contribution in [2.24, 2.45) is 11.1 Å². The maximum absolute atomic E-state index is 11.7. The van der Waals surface area contributed by atoms with Gasteiger partial charge in [-0.05, 0) is 38.2 Å². The van der Waals surface area contributed by atoms with E-state index in [-0.39, 0.29) is 12.5 Å². The lowest BCUT2D eigenvalue weighted by Gasteiger charge is -2.34. The first-order valence-electron chi connectivity index (χ1n) is 7.31. The molecule has 1 saturated heterocycles. The second-order valence-corrected chi connectivity index (χ2v) is 6.12. The molecule has 0 saturated carbocycles. The molecule has 1 aromatic carbocycles. The maximum atomic E-state index is 11.7. The number of oxime groups is 1. The van der Waals surface area contributed by atoms with E-state index < -0.39 is 5.97 Å². The van der Waals surface area contributed by atoms with Gasteiger partial charge in [0, 0.05) is 29.9 Å². The minimum atomic E-state index is -0.513. The van der Waals surface area contributed by atoms with Crippen LogP contribution in [0.5, 0.6) is 5.75 Å². The molecule has 0 spiro atoms. The van der Waals surface area contributed by atoms with Crippen molar-refractivity contribution in [2.45, 2.75) is 26.3 Å². The van der Waals surface area contributed by atoms with Crippen LogP contribution in [0.4, 0.5) is 0 Å². The molecule has 0 N–H and O–H groups in total. The second-order valence-electron chi connectivity index (χ2n) is 5.68. The fourth-order valence-electron chi connectivity index (χ4n) is 2.31. The predicted molar refractivity (Wildman–Crippen MR) is 86.3 cm³/mol. The molecule has 120 valence electrons. The van der Waals surface area contributed by atoms with Gasteiger partial charge >= 0.3 is 5.97 Å². The van der Waals surface area contributed by atoms with Gasteiger partial charge in [-0.1, -0.05) is 23.7 Å². The molecule has 6 heteroatoms. The van der Waals surface area contributed by atoms with Gasteiger partial charge in [0.15, 0.2) is 6.61 Å². The number of carbonyl (C=O) groups excluding carboxylic acids is 1. The molecule has 2 atom stereocenters. The molecule has 0 amide bonds. The van der Waals surface area contributed by atoms with E-state index in [4.69, 9.17) is 21.2 Å². The summed E-state index contributed by atoms with van der Waals surface area (Å²) in [6, 6.07) is 7.19. The zero-order valence-electron chi connectivity index (χ0n) is 13.1. The topological polar surface area (TPSA) is 51.1 Å². The number of hydrogen-bond donors (Lipinski definition) is 0. The number of piperidine rings is 1. The van der Waals surface area contributed by atoms with Gasteiger partial charge in [-0.3, -0.25) is 0 Å².